The highest BCUT2D eigenvalue weighted by Crippen LogP contribution is 2.47. The molecule has 4 aliphatic rings. The van der Waals surface area contributed by atoms with E-state index in [4.69, 9.17) is 9.26 Å². The zero-order valence-electron chi connectivity index (χ0n) is 23.4. The molecule has 0 saturated carbocycles. The van der Waals surface area contributed by atoms with Crippen molar-refractivity contribution in [1.82, 2.24) is 30.0 Å². The molecule has 4 aromatic rings. The van der Waals surface area contributed by atoms with Crippen molar-refractivity contribution in [2.45, 2.75) is 25.3 Å². The number of aromatic nitrogens is 5. The molecule has 3 aromatic heterocycles. The summed E-state index contributed by atoms with van der Waals surface area (Å²) in [6, 6.07) is 7.98. The van der Waals surface area contributed by atoms with Crippen LogP contribution in [0.2, 0.25) is 0 Å². The number of methoxy groups -OCH3 is 1. The van der Waals surface area contributed by atoms with Gasteiger partial charge >= 0.3 is 6.18 Å². The van der Waals surface area contributed by atoms with Crippen LogP contribution in [0.3, 0.4) is 0 Å². The number of aryl methyl sites for hydroxylation is 1. The number of anilines is 4. The molecule has 1 aromatic carbocycles. The van der Waals surface area contributed by atoms with Crippen LogP contribution in [0.5, 0.6) is 5.75 Å². The summed E-state index contributed by atoms with van der Waals surface area (Å²) >= 11 is 0. The molecule has 43 heavy (non-hydrogen) atoms. The smallest absolute Gasteiger partial charge is 0.421 e. The third kappa shape index (κ3) is 6.95. The lowest BCUT2D eigenvalue weighted by atomic mass is 10.1. The van der Waals surface area contributed by atoms with Crippen molar-refractivity contribution in [3.63, 3.8) is 0 Å². The number of carbonyl (C=O) groups excluding carboxylic acids is 1. The number of hydrogen-bond donors (Lipinski definition) is 3. The Labute approximate surface area is 244 Å². The number of benzene rings is 1. The van der Waals surface area contributed by atoms with Crippen molar-refractivity contribution < 1.29 is 31.8 Å². The third-order valence-electron chi connectivity index (χ3n) is 6.49. The molecule has 16 heteroatoms. The van der Waals surface area contributed by atoms with Gasteiger partial charge in [-0.15, -0.1) is 0 Å². The topological polar surface area (TPSA) is 145 Å². The summed E-state index contributed by atoms with van der Waals surface area (Å²) in [5.41, 5.74) is 0.699. The average molecular weight is 617 g/mol. The number of carbonyl (C=O) groups is 1. The minimum absolute atomic E-state index is 0.00383. The molecule has 226 valence electrons. The second-order valence-corrected chi connectivity index (χ2v) is 12.4. The Morgan fingerprint density at radius 2 is 1.93 bits per heavy atom. The van der Waals surface area contributed by atoms with Crippen LogP contribution < -0.4 is 20.7 Å². The lowest BCUT2D eigenvalue weighted by molar-refractivity contribution is -0.137. The number of ether oxygens (including phenoxy) is 1. The van der Waals surface area contributed by atoms with Crippen molar-refractivity contribution in [2.75, 3.05) is 38.1 Å². The third-order valence-corrected chi connectivity index (χ3v) is 8.16. The fraction of sp³-hybridized carbons (Fsp3) is 0.296. The molecule has 8 bridgehead atoms. The van der Waals surface area contributed by atoms with E-state index in [-0.39, 0.29) is 30.1 Å². The molecule has 8 rings (SSSR count). The molecule has 4 aliphatic heterocycles. The first-order valence-corrected chi connectivity index (χ1v) is 15.3. The van der Waals surface area contributed by atoms with E-state index in [9.17, 15) is 22.5 Å². The molecule has 0 aliphatic carbocycles. The Morgan fingerprint density at radius 1 is 1.14 bits per heavy atom. The molecule has 0 fully saturated rings. The van der Waals surface area contributed by atoms with Crippen LogP contribution in [0.25, 0.3) is 11.3 Å². The monoisotopic (exact) mass is 616 g/mol. The number of halogens is 3. The summed E-state index contributed by atoms with van der Waals surface area (Å²) in [5.74, 6) is -1.07. The number of nitrogens with zero attached hydrogens (tertiary/aromatic N) is 5. The number of alkyl halides is 3. The van der Waals surface area contributed by atoms with Gasteiger partial charge in [0.1, 0.15) is 17.1 Å². The minimum Gasteiger partial charge on any atom is -0.495 e. The summed E-state index contributed by atoms with van der Waals surface area (Å²) < 4.78 is 68.0. The van der Waals surface area contributed by atoms with E-state index in [0.29, 0.717) is 47.4 Å². The molecule has 0 spiro atoms. The second kappa shape index (κ2) is 12.0. The molecule has 0 unspecified atom stereocenters. The van der Waals surface area contributed by atoms with E-state index < -0.39 is 30.8 Å². The van der Waals surface area contributed by atoms with Crippen LogP contribution in [0.1, 0.15) is 28.0 Å². The van der Waals surface area contributed by atoms with Gasteiger partial charge in [-0.05, 0) is 36.2 Å². The van der Waals surface area contributed by atoms with Gasteiger partial charge in [0, 0.05) is 44.4 Å². The van der Waals surface area contributed by atoms with Gasteiger partial charge in [-0.1, -0.05) is 6.07 Å². The molecule has 0 saturated heterocycles. The van der Waals surface area contributed by atoms with Crippen molar-refractivity contribution in [2.24, 2.45) is 0 Å². The van der Waals surface area contributed by atoms with Crippen LogP contribution in [0.4, 0.5) is 36.3 Å². The predicted molar refractivity (Wildman–Crippen MR) is 153 cm³/mol. The molecule has 3 N–H and O–H groups in total. The zero-order chi connectivity index (χ0) is 30.8. The van der Waals surface area contributed by atoms with Gasteiger partial charge in [-0.25, -0.2) is 9.97 Å². The predicted octanol–water partition coefficient (Wildman–Crippen LogP) is 5.44. The summed E-state index contributed by atoms with van der Waals surface area (Å²) in [6.07, 6.45) is -0.211. The number of hydrogen-bond acceptors (Lipinski definition) is 10. The van der Waals surface area contributed by atoms with Gasteiger partial charge in [-0.2, -0.15) is 23.3 Å². The molecule has 1 atom stereocenters. The van der Waals surface area contributed by atoms with E-state index in [1.165, 1.54) is 20.2 Å². The fourth-order valence-electron chi connectivity index (χ4n) is 4.42. The quantitative estimate of drug-likeness (QED) is 0.249. The fourth-order valence-corrected chi connectivity index (χ4v) is 5.89. The first kappa shape index (κ1) is 30.0. The maximum Gasteiger partial charge on any atom is 0.421 e. The van der Waals surface area contributed by atoms with Crippen LogP contribution in [-0.2, 0) is 28.0 Å². The highest BCUT2D eigenvalue weighted by molar-refractivity contribution is 7.57. The van der Waals surface area contributed by atoms with Gasteiger partial charge in [0.05, 0.1) is 37.0 Å². The standard InChI is InChI=1S/C27H28F3N8O4P/c1-31-25(39)23-21-8-7-19(34-23)17-12-33-38(14-17)9-4-10-42-43(3,40)15-16-5-6-20(22(11-16)41-2)36-26-32-13-18(27(28,29)30)24(35-21)37-26/h5-8,11-14H,4,9-10,15H2,1-3H3,(H,31,39)(H2,32,35,36,37)/t43-/m0/s1. The van der Waals surface area contributed by atoms with E-state index in [2.05, 4.69) is 36.0 Å². The molecule has 7 heterocycles. The van der Waals surface area contributed by atoms with Crippen molar-refractivity contribution in [1.29, 1.82) is 0 Å². The van der Waals surface area contributed by atoms with Gasteiger partial charge in [0.15, 0.2) is 5.69 Å². The van der Waals surface area contributed by atoms with Crippen LogP contribution >= 0.6 is 7.37 Å². The van der Waals surface area contributed by atoms with E-state index in [0.717, 1.165) is 0 Å². The Morgan fingerprint density at radius 3 is 2.67 bits per heavy atom. The minimum atomic E-state index is -4.81. The Balaban J connectivity index is 1.62. The molecular weight excluding hydrogens is 588 g/mol. The van der Waals surface area contributed by atoms with Gasteiger partial charge in [-0.3, -0.25) is 14.0 Å². The van der Waals surface area contributed by atoms with Crippen molar-refractivity contribution in [3.8, 4) is 17.0 Å². The average Bonchev–Trinajstić information content (AvgIpc) is 3.44. The maximum atomic E-state index is 14.0. The second-order valence-electron chi connectivity index (χ2n) is 9.76. The summed E-state index contributed by atoms with van der Waals surface area (Å²) in [4.78, 5) is 25.1. The molecule has 0 radical (unpaired) electrons. The van der Waals surface area contributed by atoms with Crippen LogP contribution in [-0.4, -0.2) is 58.1 Å². The first-order valence-electron chi connectivity index (χ1n) is 13.1. The summed E-state index contributed by atoms with van der Waals surface area (Å²) in [5, 5.41) is 12.3. The number of pyridine rings is 1. The lowest BCUT2D eigenvalue weighted by Gasteiger charge is -2.18. The van der Waals surface area contributed by atoms with E-state index in [1.807, 2.05) is 0 Å². The van der Waals surface area contributed by atoms with Crippen LogP contribution in [0, 0.1) is 0 Å². The number of nitrogens with one attached hydrogen (secondary N) is 3. The summed E-state index contributed by atoms with van der Waals surface area (Å²) in [6.45, 7) is 2.26. The van der Waals surface area contributed by atoms with Gasteiger partial charge in [0.25, 0.3) is 5.91 Å². The van der Waals surface area contributed by atoms with Crippen molar-refractivity contribution >= 4 is 36.4 Å². The summed E-state index contributed by atoms with van der Waals surface area (Å²) in [7, 11) is -0.212. The van der Waals surface area contributed by atoms with Gasteiger partial charge < -0.3 is 25.2 Å². The Hall–Kier alpha value is -4.49. The lowest BCUT2D eigenvalue weighted by Crippen LogP contribution is -2.21. The van der Waals surface area contributed by atoms with Gasteiger partial charge in [0.2, 0.25) is 13.3 Å². The van der Waals surface area contributed by atoms with Crippen LogP contribution in [0.15, 0.2) is 48.9 Å². The number of amides is 1. The van der Waals surface area contributed by atoms with E-state index in [1.54, 1.807) is 48.0 Å². The Kier molecular flexibility index (Phi) is 8.38. The highest BCUT2D eigenvalue weighted by Gasteiger charge is 2.36. The zero-order valence-corrected chi connectivity index (χ0v) is 24.3. The molecular formula is C27H28F3N8O4P. The van der Waals surface area contributed by atoms with Crippen molar-refractivity contribution in [3.05, 3.63) is 65.7 Å². The molecule has 12 nitrogen and oxygen atoms in total. The normalized spacial score (nSPS) is 17.3. The number of rotatable bonds is 2. The largest absolute Gasteiger partial charge is 0.495 e. The maximum absolute atomic E-state index is 14.0. The Bertz CT molecular complexity index is 1710. The first-order chi connectivity index (χ1) is 20.5. The molecule has 1 amide bonds. The van der Waals surface area contributed by atoms with E-state index >= 15 is 0 Å². The SMILES string of the molecule is CNC(=O)c1nc2ccc1Nc1nc(ncc1C(F)(F)F)Nc1ccc(cc1OC)C[P@@](C)(=O)OCCCn1cc-2cn1. The highest BCUT2D eigenvalue weighted by atomic mass is 31.2.